The average molecular weight is 389 g/mol. The van der Waals surface area contributed by atoms with Crippen molar-refractivity contribution in [3.63, 3.8) is 0 Å². The number of methoxy groups -OCH3 is 1. The molecule has 1 heterocycles. The third-order valence-corrected chi connectivity index (χ3v) is 4.24. The molecule has 0 saturated carbocycles. The van der Waals surface area contributed by atoms with Gasteiger partial charge in [0.15, 0.2) is 0 Å². The van der Waals surface area contributed by atoms with Crippen molar-refractivity contribution >= 4 is 12.2 Å². The highest BCUT2D eigenvalue weighted by Gasteiger charge is 2.00. The number of benzene rings is 2. The Morgan fingerprint density at radius 2 is 1.52 bits per heavy atom. The van der Waals surface area contributed by atoms with Crippen LogP contribution in [0.25, 0.3) is 12.2 Å². The normalized spacial score (nSPS) is 11.0. The zero-order valence-electron chi connectivity index (χ0n) is 17.2. The van der Waals surface area contributed by atoms with Crippen LogP contribution < -0.4 is 14.2 Å². The number of rotatable bonds is 9. The molecular formula is C25H27NO3. The predicted molar refractivity (Wildman–Crippen MR) is 117 cm³/mol. The van der Waals surface area contributed by atoms with Gasteiger partial charge in [-0.2, -0.15) is 0 Å². The van der Waals surface area contributed by atoms with E-state index in [1.165, 1.54) is 0 Å². The summed E-state index contributed by atoms with van der Waals surface area (Å²) >= 11 is 0. The molecule has 150 valence electrons. The van der Waals surface area contributed by atoms with Crippen LogP contribution in [-0.2, 0) is 6.61 Å². The molecule has 0 saturated heterocycles. The second-order valence-electron chi connectivity index (χ2n) is 7.17. The fourth-order valence-corrected chi connectivity index (χ4v) is 2.62. The highest BCUT2D eigenvalue weighted by molar-refractivity contribution is 5.70. The van der Waals surface area contributed by atoms with Crippen molar-refractivity contribution in [3.05, 3.63) is 83.6 Å². The fraction of sp³-hybridized carbons (Fsp3) is 0.240. The first-order chi connectivity index (χ1) is 14.1. The summed E-state index contributed by atoms with van der Waals surface area (Å²) < 4.78 is 16.7. The first-order valence-electron chi connectivity index (χ1n) is 9.75. The smallest absolute Gasteiger partial charge is 0.214 e. The molecule has 0 N–H and O–H groups in total. The molecule has 2 aromatic carbocycles. The molecule has 0 fully saturated rings. The van der Waals surface area contributed by atoms with Crippen molar-refractivity contribution in [2.24, 2.45) is 5.92 Å². The molecule has 0 spiro atoms. The summed E-state index contributed by atoms with van der Waals surface area (Å²) in [4.78, 5) is 4.29. The van der Waals surface area contributed by atoms with Gasteiger partial charge in [0.1, 0.15) is 18.1 Å². The standard InChI is InChI=1S/C25H27NO3/c1-19(2)17-28-24-12-6-20(7-13-24)4-5-21-14-15-26-25(16-21)29-18-22-8-10-23(27-3)11-9-22/h4-16,19H,17-18H2,1-3H3. The van der Waals surface area contributed by atoms with Gasteiger partial charge >= 0.3 is 0 Å². The topological polar surface area (TPSA) is 40.6 Å². The zero-order valence-corrected chi connectivity index (χ0v) is 17.2. The van der Waals surface area contributed by atoms with Gasteiger partial charge in [-0.15, -0.1) is 0 Å². The maximum absolute atomic E-state index is 5.82. The lowest BCUT2D eigenvalue weighted by atomic mass is 10.1. The third kappa shape index (κ3) is 6.68. The zero-order chi connectivity index (χ0) is 20.5. The lowest BCUT2D eigenvalue weighted by Gasteiger charge is -2.08. The van der Waals surface area contributed by atoms with Gasteiger partial charge in [-0.25, -0.2) is 4.98 Å². The van der Waals surface area contributed by atoms with Gasteiger partial charge in [-0.1, -0.05) is 50.3 Å². The molecule has 4 heteroatoms. The Labute approximate surface area is 172 Å². The SMILES string of the molecule is COc1ccc(COc2cc(C=Cc3ccc(OCC(C)C)cc3)ccn2)cc1. The summed E-state index contributed by atoms with van der Waals surface area (Å²) in [5, 5.41) is 0. The second kappa shape index (κ2) is 10.3. The summed E-state index contributed by atoms with van der Waals surface area (Å²) in [7, 11) is 1.66. The maximum atomic E-state index is 5.82. The number of hydrogen-bond acceptors (Lipinski definition) is 4. The number of ether oxygens (including phenoxy) is 3. The number of hydrogen-bond donors (Lipinski definition) is 0. The van der Waals surface area contributed by atoms with E-state index < -0.39 is 0 Å². The van der Waals surface area contributed by atoms with Crippen molar-refractivity contribution in [2.75, 3.05) is 13.7 Å². The number of nitrogens with zero attached hydrogens (tertiary/aromatic N) is 1. The minimum Gasteiger partial charge on any atom is -0.497 e. The molecule has 29 heavy (non-hydrogen) atoms. The molecular weight excluding hydrogens is 362 g/mol. The highest BCUT2D eigenvalue weighted by Crippen LogP contribution is 2.18. The van der Waals surface area contributed by atoms with E-state index in [0.29, 0.717) is 18.4 Å². The number of aromatic nitrogens is 1. The second-order valence-corrected chi connectivity index (χ2v) is 7.17. The fourth-order valence-electron chi connectivity index (χ4n) is 2.62. The number of pyridine rings is 1. The first kappa shape index (κ1) is 20.5. The molecule has 0 atom stereocenters. The van der Waals surface area contributed by atoms with Crippen molar-refractivity contribution in [2.45, 2.75) is 20.5 Å². The largest absolute Gasteiger partial charge is 0.497 e. The van der Waals surface area contributed by atoms with Crippen molar-refractivity contribution in [3.8, 4) is 17.4 Å². The van der Waals surface area contributed by atoms with E-state index in [4.69, 9.17) is 14.2 Å². The first-order valence-corrected chi connectivity index (χ1v) is 9.75. The molecule has 0 aliphatic rings. The molecule has 0 aliphatic carbocycles. The Kier molecular flexibility index (Phi) is 7.28. The van der Waals surface area contributed by atoms with Gasteiger partial charge in [-0.3, -0.25) is 0 Å². The monoisotopic (exact) mass is 389 g/mol. The van der Waals surface area contributed by atoms with Crippen LogP contribution in [0.15, 0.2) is 66.9 Å². The molecule has 0 aliphatic heterocycles. The van der Waals surface area contributed by atoms with Crippen LogP contribution in [0.5, 0.6) is 17.4 Å². The lowest BCUT2D eigenvalue weighted by molar-refractivity contribution is 0.271. The van der Waals surface area contributed by atoms with E-state index in [2.05, 4.69) is 37.0 Å². The van der Waals surface area contributed by atoms with Crippen LogP contribution in [0.1, 0.15) is 30.5 Å². The van der Waals surface area contributed by atoms with Gasteiger partial charge in [0.2, 0.25) is 5.88 Å². The maximum Gasteiger partial charge on any atom is 0.214 e. The van der Waals surface area contributed by atoms with Gasteiger partial charge in [0.25, 0.3) is 0 Å². The quantitative estimate of drug-likeness (QED) is 0.459. The summed E-state index contributed by atoms with van der Waals surface area (Å²) in [6, 6.07) is 19.8. The molecule has 0 amide bonds. The van der Waals surface area contributed by atoms with Crippen LogP contribution in [0.3, 0.4) is 0 Å². The summed E-state index contributed by atoms with van der Waals surface area (Å²) in [6.45, 7) is 5.47. The van der Waals surface area contributed by atoms with Crippen LogP contribution in [-0.4, -0.2) is 18.7 Å². The predicted octanol–water partition coefficient (Wildman–Crippen LogP) is 5.87. The molecule has 0 bridgehead atoms. The lowest BCUT2D eigenvalue weighted by Crippen LogP contribution is -2.04. The van der Waals surface area contributed by atoms with Gasteiger partial charge in [-0.05, 0) is 52.9 Å². The van der Waals surface area contributed by atoms with Crippen LogP contribution in [0.4, 0.5) is 0 Å². The Balaban J connectivity index is 1.57. The molecule has 0 unspecified atom stereocenters. The minimum absolute atomic E-state index is 0.460. The summed E-state index contributed by atoms with van der Waals surface area (Å²) in [5.41, 5.74) is 3.21. The third-order valence-electron chi connectivity index (χ3n) is 4.24. The highest BCUT2D eigenvalue weighted by atomic mass is 16.5. The van der Waals surface area contributed by atoms with Crippen molar-refractivity contribution in [1.82, 2.24) is 4.98 Å². The molecule has 3 aromatic rings. The molecule has 3 rings (SSSR count). The Hall–Kier alpha value is -3.27. The Morgan fingerprint density at radius 3 is 2.21 bits per heavy atom. The van der Waals surface area contributed by atoms with E-state index in [1.807, 2.05) is 54.6 Å². The van der Waals surface area contributed by atoms with E-state index in [1.54, 1.807) is 13.3 Å². The minimum atomic E-state index is 0.460. The Bertz CT molecular complexity index is 916. The van der Waals surface area contributed by atoms with Crippen LogP contribution >= 0.6 is 0 Å². The van der Waals surface area contributed by atoms with Crippen molar-refractivity contribution < 1.29 is 14.2 Å². The van der Waals surface area contributed by atoms with E-state index in [9.17, 15) is 0 Å². The molecule has 4 nitrogen and oxygen atoms in total. The van der Waals surface area contributed by atoms with Crippen LogP contribution in [0.2, 0.25) is 0 Å². The average Bonchev–Trinajstić information content (AvgIpc) is 2.76. The van der Waals surface area contributed by atoms with E-state index >= 15 is 0 Å². The van der Waals surface area contributed by atoms with E-state index in [-0.39, 0.29) is 0 Å². The summed E-state index contributed by atoms with van der Waals surface area (Å²) in [5.74, 6) is 2.84. The Morgan fingerprint density at radius 1 is 0.828 bits per heavy atom. The van der Waals surface area contributed by atoms with Gasteiger partial charge in [0.05, 0.1) is 13.7 Å². The van der Waals surface area contributed by atoms with Gasteiger partial charge in [0, 0.05) is 12.3 Å². The molecule has 1 aromatic heterocycles. The van der Waals surface area contributed by atoms with E-state index in [0.717, 1.165) is 34.8 Å². The van der Waals surface area contributed by atoms with Crippen LogP contribution in [0, 0.1) is 5.92 Å². The van der Waals surface area contributed by atoms with Crippen molar-refractivity contribution in [1.29, 1.82) is 0 Å². The molecule has 0 radical (unpaired) electrons. The summed E-state index contributed by atoms with van der Waals surface area (Å²) in [6.07, 6.45) is 5.87. The van der Waals surface area contributed by atoms with Gasteiger partial charge < -0.3 is 14.2 Å².